The van der Waals surface area contributed by atoms with Crippen LogP contribution < -0.4 is 4.74 Å². The van der Waals surface area contributed by atoms with Crippen LogP contribution in [-0.2, 0) is 0 Å². The summed E-state index contributed by atoms with van der Waals surface area (Å²) in [6, 6.07) is 18.7. The Balaban J connectivity index is 1.92. The third-order valence-corrected chi connectivity index (χ3v) is 3.55. The molecule has 0 atom stereocenters. The number of rotatable bonds is 7. The van der Waals surface area contributed by atoms with Crippen LogP contribution >= 0.6 is 15.9 Å². The fraction of sp³-hybridized carbons (Fsp3) is 0.294. The number of halogens is 1. The second-order valence-electron chi connectivity index (χ2n) is 4.49. The summed E-state index contributed by atoms with van der Waals surface area (Å²) < 4.78 is 5.80. The molecule has 0 N–H and O–H groups in total. The Kier molecular flexibility index (Phi) is 5.96. The zero-order valence-corrected chi connectivity index (χ0v) is 12.6. The van der Waals surface area contributed by atoms with E-state index >= 15 is 0 Å². The Morgan fingerprint density at radius 2 is 1.58 bits per heavy atom. The van der Waals surface area contributed by atoms with Gasteiger partial charge in [-0.15, -0.1) is 0 Å². The van der Waals surface area contributed by atoms with Crippen molar-refractivity contribution < 1.29 is 4.74 Å². The fourth-order valence-electron chi connectivity index (χ4n) is 1.96. The molecule has 2 heteroatoms. The maximum atomic E-state index is 5.80. The van der Waals surface area contributed by atoms with Gasteiger partial charge >= 0.3 is 0 Å². The molecule has 0 aliphatic carbocycles. The topological polar surface area (TPSA) is 9.23 Å². The molecular formula is C17H19BrO. The van der Waals surface area contributed by atoms with E-state index in [1.54, 1.807) is 0 Å². The van der Waals surface area contributed by atoms with E-state index in [1.165, 1.54) is 24.0 Å². The smallest absolute Gasteiger partial charge is 0.119 e. The molecule has 0 aromatic heterocycles. The van der Waals surface area contributed by atoms with Gasteiger partial charge in [0.05, 0.1) is 6.61 Å². The van der Waals surface area contributed by atoms with E-state index in [2.05, 4.69) is 58.4 Å². The van der Waals surface area contributed by atoms with Gasteiger partial charge in [0.25, 0.3) is 0 Å². The van der Waals surface area contributed by atoms with Gasteiger partial charge in [-0.05, 0) is 42.5 Å². The molecule has 19 heavy (non-hydrogen) atoms. The van der Waals surface area contributed by atoms with Gasteiger partial charge < -0.3 is 4.74 Å². The summed E-state index contributed by atoms with van der Waals surface area (Å²) in [5.74, 6) is 0.959. The van der Waals surface area contributed by atoms with E-state index in [0.717, 1.165) is 24.1 Å². The molecule has 0 fully saturated rings. The first kappa shape index (κ1) is 14.1. The predicted octanol–water partition coefficient (Wildman–Crippen LogP) is 5.30. The van der Waals surface area contributed by atoms with Crippen molar-refractivity contribution in [2.75, 3.05) is 11.9 Å². The molecule has 2 aromatic rings. The first-order valence-corrected chi connectivity index (χ1v) is 7.86. The molecule has 0 saturated heterocycles. The number of alkyl halides is 1. The molecule has 2 rings (SSSR count). The van der Waals surface area contributed by atoms with Crippen LogP contribution in [0.25, 0.3) is 11.1 Å². The third kappa shape index (κ3) is 4.71. The lowest BCUT2D eigenvalue weighted by molar-refractivity contribution is 0.306. The van der Waals surface area contributed by atoms with Crippen molar-refractivity contribution in [3.8, 4) is 16.9 Å². The van der Waals surface area contributed by atoms with Gasteiger partial charge in [0, 0.05) is 5.33 Å². The van der Waals surface area contributed by atoms with Gasteiger partial charge in [0.1, 0.15) is 5.75 Å². The molecule has 0 radical (unpaired) electrons. The Bertz CT molecular complexity index is 482. The first-order valence-electron chi connectivity index (χ1n) is 6.74. The average molecular weight is 319 g/mol. The van der Waals surface area contributed by atoms with E-state index < -0.39 is 0 Å². The van der Waals surface area contributed by atoms with E-state index in [0.29, 0.717) is 0 Å². The zero-order chi connectivity index (χ0) is 13.3. The van der Waals surface area contributed by atoms with E-state index in [9.17, 15) is 0 Å². The normalized spacial score (nSPS) is 10.4. The molecule has 0 aliphatic heterocycles. The molecule has 2 aromatic carbocycles. The van der Waals surface area contributed by atoms with Crippen molar-refractivity contribution >= 4 is 15.9 Å². The van der Waals surface area contributed by atoms with Gasteiger partial charge in [-0.2, -0.15) is 0 Å². The number of hydrogen-bond acceptors (Lipinski definition) is 1. The number of benzene rings is 2. The highest BCUT2D eigenvalue weighted by molar-refractivity contribution is 9.09. The van der Waals surface area contributed by atoms with Gasteiger partial charge in [-0.25, -0.2) is 0 Å². The Hall–Kier alpha value is -1.28. The highest BCUT2D eigenvalue weighted by atomic mass is 79.9. The second-order valence-corrected chi connectivity index (χ2v) is 5.28. The van der Waals surface area contributed by atoms with Crippen LogP contribution in [0.4, 0.5) is 0 Å². The fourth-order valence-corrected chi connectivity index (χ4v) is 2.36. The Labute approximate surface area is 123 Å². The summed E-state index contributed by atoms with van der Waals surface area (Å²) in [6.45, 7) is 0.797. The first-order chi connectivity index (χ1) is 9.40. The molecule has 0 amide bonds. The summed E-state index contributed by atoms with van der Waals surface area (Å²) >= 11 is 3.44. The molecule has 1 nitrogen and oxygen atoms in total. The van der Waals surface area contributed by atoms with Crippen LogP contribution in [0.5, 0.6) is 5.75 Å². The SMILES string of the molecule is BrCCCCCOc1cccc(-c2ccccc2)c1. The molecular weight excluding hydrogens is 300 g/mol. The molecule has 0 spiro atoms. The van der Waals surface area contributed by atoms with Crippen LogP contribution in [0.1, 0.15) is 19.3 Å². The Morgan fingerprint density at radius 1 is 0.789 bits per heavy atom. The highest BCUT2D eigenvalue weighted by Crippen LogP contribution is 2.23. The van der Waals surface area contributed by atoms with Gasteiger partial charge in [-0.3, -0.25) is 0 Å². The van der Waals surface area contributed by atoms with Crippen molar-refractivity contribution in [2.45, 2.75) is 19.3 Å². The zero-order valence-electron chi connectivity index (χ0n) is 11.0. The summed E-state index contributed by atoms with van der Waals surface area (Å²) in [5, 5.41) is 1.08. The summed E-state index contributed by atoms with van der Waals surface area (Å²) in [4.78, 5) is 0. The highest BCUT2D eigenvalue weighted by Gasteiger charge is 1.99. The van der Waals surface area contributed by atoms with Crippen molar-refractivity contribution in [1.29, 1.82) is 0 Å². The minimum absolute atomic E-state index is 0.797. The average Bonchev–Trinajstić information content (AvgIpc) is 2.48. The van der Waals surface area contributed by atoms with Gasteiger partial charge in [-0.1, -0.05) is 58.4 Å². The number of ether oxygens (including phenoxy) is 1. The summed E-state index contributed by atoms with van der Waals surface area (Å²) in [5.41, 5.74) is 2.44. The van der Waals surface area contributed by atoms with Crippen LogP contribution in [0.15, 0.2) is 54.6 Å². The summed E-state index contributed by atoms with van der Waals surface area (Å²) in [6.07, 6.45) is 3.54. The largest absolute Gasteiger partial charge is 0.494 e. The third-order valence-electron chi connectivity index (χ3n) is 2.99. The van der Waals surface area contributed by atoms with E-state index in [-0.39, 0.29) is 0 Å². The monoisotopic (exact) mass is 318 g/mol. The lowest BCUT2D eigenvalue weighted by atomic mass is 10.1. The predicted molar refractivity (Wildman–Crippen MR) is 85.0 cm³/mol. The maximum absolute atomic E-state index is 5.80. The van der Waals surface area contributed by atoms with Crippen LogP contribution in [0, 0.1) is 0 Å². The minimum atomic E-state index is 0.797. The summed E-state index contributed by atoms with van der Waals surface area (Å²) in [7, 11) is 0. The van der Waals surface area contributed by atoms with Crippen LogP contribution in [-0.4, -0.2) is 11.9 Å². The molecule has 0 saturated carbocycles. The molecule has 0 aliphatic rings. The second kappa shape index (κ2) is 8.00. The van der Waals surface area contributed by atoms with Crippen molar-refractivity contribution in [3.63, 3.8) is 0 Å². The lowest BCUT2D eigenvalue weighted by Crippen LogP contribution is -1.97. The maximum Gasteiger partial charge on any atom is 0.119 e. The van der Waals surface area contributed by atoms with Crippen molar-refractivity contribution in [2.24, 2.45) is 0 Å². The number of hydrogen-bond donors (Lipinski definition) is 0. The van der Waals surface area contributed by atoms with Crippen LogP contribution in [0.2, 0.25) is 0 Å². The molecule has 0 bridgehead atoms. The molecule has 100 valence electrons. The molecule has 0 unspecified atom stereocenters. The standard InChI is InChI=1S/C17H19BrO/c18-12-5-2-6-13-19-17-11-7-10-16(14-17)15-8-3-1-4-9-15/h1,3-4,7-11,14H,2,5-6,12-13H2. The van der Waals surface area contributed by atoms with E-state index in [1.807, 2.05) is 12.1 Å². The molecule has 0 heterocycles. The van der Waals surface area contributed by atoms with Gasteiger partial charge in [0.2, 0.25) is 0 Å². The lowest BCUT2D eigenvalue weighted by Gasteiger charge is -2.08. The van der Waals surface area contributed by atoms with Gasteiger partial charge in [0.15, 0.2) is 0 Å². The quantitative estimate of drug-likeness (QED) is 0.497. The van der Waals surface area contributed by atoms with Crippen molar-refractivity contribution in [3.05, 3.63) is 54.6 Å². The number of unbranched alkanes of at least 4 members (excludes halogenated alkanes) is 2. The van der Waals surface area contributed by atoms with E-state index in [4.69, 9.17) is 4.74 Å². The minimum Gasteiger partial charge on any atom is -0.494 e. The van der Waals surface area contributed by atoms with Crippen molar-refractivity contribution in [1.82, 2.24) is 0 Å². The Morgan fingerprint density at radius 3 is 2.37 bits per heavy atom. The van der Waals surface area contributed by atoms with Crippen LogP contribution in [0.3, 0.4) is 0 Å².